The molecule has 0 spiro atoms. The molecule has 1 heterocycles. The largest absolute Gasteiger partial charge is 0.355 e. The minimum atomic E-state index is 0.658. The first-order valence-corrected chi connectivity index (χ1v) is 6.22. The van der Waals surface area contributed by atoms with E-state index in [-0.39, 0.29) is 0 Å². The van der Waals surface area contributed by atoms with Gasteiger partial charge in [0.25, 0.3) is 0 Å². The summed E-state index contributed by atoms with van der Waals surface area (Å²) in [5, 5.41) is 5.63. The monoisotopic (exact) mass is 307 g/mol. The van der Waals surface area contributed by atoms with E-state index >= 15 is 0 Å². The molecule has 0 aliphatic heterocycles. The van der Waals surface area contributed by atoms with E-state index in [0.29, 0.717) is 10.8 Å². The zero-order chi connectivity index (χ0) is 11.8. The molecule has 0 saturated heterocycles. The van der Waals surface area contributed by atoms with Crippen molar-refractivity contribution in [2.75, 3.05) is 0 Å². The second-order valence-corrected chi connectivity index (χ2v) is 4.98. The number of nitrogens with zero attached hydrogens (tertiary/aromatic N) is 1. The predicted molar refractivity (Wildman–Crippen MR) is 72.2 cm³/mol. The van der Waals surface area contributed by atoms with Gasteiger partial charge < -0.3 is 4.52 Å². The van der Waals surface area contributed by atoms with Crippen LogP contribution in [0.1, 0.15) is 0 Å². The molecule has 2 aromatic carbocycles. The van der Waals surface area contributed by atoms with Crippen molar-refractivity contribution < 1.29 is 4.52 Å². The molecule has 1 aromatic heterocycles. The Balaban J connectivity index is 2.31. The van der Waals surface area contributed by atoms with Gasteiger partial charge >= 0.3 is 0 Å². The van der Waals surface area contributed by atoms with Gasteiger partial charge in [-0.15, -0.1) is 0 Å². The van der Waals surface area contributed by atoms with Crippen LogP contribution in [0.5, 0.6) is 0 Å². The molecule has 0 bridgehead atoms. The van der Waals surface area contributed by atoms with E-state index in [0.717, 1.165) is 20.9 Å². The normalized spacial score (nSPS) is 10.9. The topological polar surface area (TPSA) is 26.0 Å². The Kier molecular flexibility index (Phi) is 2.65. The molecule has 0 unspecified atom stereocenters. The lowest BCUT2D eigenvalue weighted by Crippen LogP contribution is -1.77. The van der Waals surface area contributed by atoms with Gasteiger partial charge in [0, 0.05) is 10.0 Å². The highest BCUT2D eigenvalue weighted by molar-refractivity contribution is 9.10. The second-order valence-electron chi connectivity index (χ2n) is 3.65. The summed E-state index contributed by atoms with van der Waals surface area (Å²) in [7, 11) is 0. The summed E-state index contributed by atoms with van der Waals surface area (Å²) in [4.78, 5) is 0. The molecule has 4 heteroatoms. The molecule has 0 fully saturated rings. The molecule has 3 aromatic rings. The highest BCUT2D eigenvalue weighted by Crippen LogP contribution is 2.34. The third kappa shape index (κ3) is 1.85. The van der Waals surface area contributed by atoms with Crippen LogP contribution >= 0.6 is 27.5 Å². The van der Waals surface area contributed by atoms with Crippen molar-refractivity contribution in [3.05, 3.63) is 52.0 Å². The Morgan fingerprint density at radius 2 is 1.94 bits per heavy atom. The number of halogens is 2. The fraction of sp³-hybridized carbons (Fsp3) is 0. The first-order chi connectivity index (χ1) is 8.25. The molecule has 0 amide bonds. The third-order valence-corrected chi connectivity index (χ3v) is 3.38. The van der Waals surface area contributed by atoms with Gasteiger partial charge in [0.05, 0.1) is 10.4 Å². The van der Waals surface area contributed by atoms with Crippen molar-refractivity contribution >= 4 is 38.4 Å². The van der Waals surface area contributed by atoms with E-state index in [1.807, 2.05) is 42.5 Å². The van der Waals surface area contributed by atoms with Gasteiger partial charge in [0.15, 0.2) is 5.76 Å². The second kappa shape index (κ2) is 4.17. The fourth-order valence-electron chi connectivity index (χ4n) is 1.75. The Hall–Kier alpha value is -1.32. The summed E-state index contributed by atoms with van der Waals surface area (Å²) >= 11 is 9.60. The minimum absolute atomic E-state index is 0.658. The highest BCUT2D eigenvalue weighted by Gasteiger charge is 2.13. The molecule has 0 radical (unpaired) electrons. The highest BCUT2D eigenvalue weighted by atomic mass is 79.9. The van der Waals surface area contributed by atoms with Crippen LogP contribution in [-0.4, -0.2) is 5.16 Å². The SMILES string of the molecule is Clc1ccccc1-c1onc2ccc(Br)cc12. The summed E-state index contributed by atoms with van der Waals surface area (Å²) < 4.78 is 6.37. The molecular weight excluding hydrogens is 302 g/mol. The third-order valence-electron chi connectivity index (χ3n) is 2.56. The molecule has 0 saturated carbocycles. The van der Waals surface area contributed by atoms with Gasteiger partial charge in [0.1, 0.15) is 5.52 Å². The van der Waals surface area contributed by atoms with Gasteiger partial charge in [-0.25, -0.2) is 0 Å². The first-order valence-electron chi connectivity index (χ1n) is 5.05. The summed E-state index contributed by atoms with van der Waals surface area (Å²) in [5.41, 5.74) is 1.68. The van der Waals surface area contributed by atoms with Crippen LogP contribution in [0.2, 0.25) is 5.02 Å². The maximum Gasteiger partial charge on any atom is 0.176 e. The molecule has 3 rings (SSSR count). The molecule has 0 aliphatic carbocycles. The van der Waals surface area contributed by atoms with Crippen LogP contribution in [0.15, 0.2) is 51.5 Å². The Bertz CT molecular complexity index is 693. The molecular formula is C13H7BrClNO. The van der Waals surface area contributed by atoms with Crippen LogP contribution in [0.4, 0.5) is 0 Å². The van der Waals surface area contributed by atoms with E-state index < -0.39 is 0 Å². The van der Waals surface area contributed by atoms with Crippen molar-refractivity contribution in [1.82, 2.24) is 5.16 Å². The van der Waals surface area contributed by atoms with E-state index in [2.05, 4.69) is 21.1 Å². The van der Waals surface area contributed by atoms with Gasteiger partial charge in [0.2, 0.25) is 0 Å². The van der Waals surface area contributed by atoms with Crippen molar-refractivity contribution in [2.45, 2.75) is 0 Å². The van der Waals surface area contributed by atoms with Gasteiger partial charge in [-0.1, -0.05) is 44.8 Å². The van der Waals surface area contributed by atoms with Crippen LogP contribution in [0.25, 0.3) is 22.2 Å². The zero-order valence-electron chi connectivity index (χ0n) is 8.65. The van der Waals surface area contributed by atoms with Crippen LogP contribution in [0, 0.1) is 0 Å². The molecule has 0 atom stereocenters. The lowest BCUT2D eigenvalue weighted by Gasteiger charge is -1.99. The van der Waals surface area contributed by atoms with Crippen LogP contribution in [-0.2, 0) is 0 Å². The van der Waals surface area contributed by atoms with E-state index in [9.17, 15) is 0 Å². The number of fused-ring (bicyclic) bond motifs is 1. The van der Waals surface area contributed by atoms with Gasteiger partial charge in [-0.05, 0) is 30.3 Å². The smallest absolute Gasteiger partial charge is 0.176 e. The number of rotatable bonds is 1. The number of benzene rings is 2. The summed E-state index contributed by atoms with van der Waals surface area (Å²) in [5.74, 6) is 0.701. The summed E-state index contributed by atoms with van der Waals surface area (Å²) in [6.45, 7) is 0. The van der Waals surface area contributed by atoms with Crippen molar-refractivity contribution in [3.63, 3.8) is 0 Å². The molecule has 0 N–H and O–H groups in total. The molecule has 0 aliphatic rings. The number of hydrogen-bond acceptors (Lipinski definition) is 2. The quantitative estimate of drug-likeness (QED) is 0.638. The minimum Gasteiger partial charge on any atom is -0.355 e. The van der Waals surface area contributed by atoms with Crippen molar-refractivity contribution in [1.29, 1.82) is 0 Å². The van der Waals surface area contributed by atoms with Crippen LogP contribution < -0.4 is 0 Å². The molecule has 2 nitrogen and oxygen atoms in total. The van der Waals surface area contributed by atoms with Crippen molar-refractivity contribution in [3.8, 4) is 11.3 Å². The zero-order valence-corrected chi connectivity index (χ0v) is 11.0. The van der Waals surface area contributed by atoms with E-state index in [1.165, 1.54) is 0 Å². The van der Waals surface area contributed by atoms with Crippen molar-refractivity contribution in [2.24, 2.45) is 0 Å². The average molecular weight is 309 g/mol. The Morgan fingerprint density at radius 3 is 2.76 bits per heavy atom. The standard InChI is InChI=1S/C13H7BrClNO/c14-8-5-6-12-10(7-8)13(17-16-12)9-3-1-2-4-11(9)15/h1-7H. The summed E-state index contributed by atoms with van der Waals surface area (Å²) in [6.07, 6.45) is 0. The molecule has 17 heavy (non-hydrogen) atoms. The Labute approximate surface area is 111 Å². The van der Waals surface area contributed by atoms with Gasteiger partial charge in [-0.3, -0.25) is 0 Å². The molecule has 84 valence electrons. The maximum atomic E-state index is 6.16. The predicted octanol–water partition coefficient (Wildman–Crippen LogP) is 4.91. The van der Waals surface area contributed by atoms with Gasteiger partial charge in [-0.2, -0.15) is 0 Å². The Morgan fingerprint density at radius 1 is 1.12 bits per heavy atom. The lowest BCUT2D eigenvalue weighted by atomic mass is 10.1. The van der Waals surface area contributed by atoms with Crippen LogP contribution in [0.3, 0.4) is 0 Å². The lowest BCUT2D eigenvalue weighted by molar-refractivity contribution is 0.441. The fourth-order valence-corrected chi connectivity index (χ4v) is 2.34. The van der Waals surface area contributed by atoms with E-state index in [1.54, 1.807) is 0 Å². The first kappa shape index (κ1) is 10.8. The van der Waals surface area contributed by atoms with E-state index in [4.69, 9.17) is 16.1 Å². The summed E-state index contributed by atoms with van der Waals surface area (Å²) in [6, 6.07) is 13.4. The average Bonchev–Trinajstić information content (AvgIpc) is 2.72. The number of hydrogen-bond donors (Lipinski definition) is 0. The maximum absolute atomic E-state index is 6.16. The number of aromatic nitrogens is 1.